The molecule has 170 valence electrons. The molecule has 3 heterocycles. The van der Waals surface area contributed by atoms with Crippen LogP contribution < -0.4 is 4.90 Å². The zero-order valence-corrected chi connectivity index (χ0v) is 18.6. The van der Waals surface area contributed by atoms with Gasteiger partial charge in [0.05, 0.1) is 0 Å². The van der Waals surface area contributed by atoms with Gasteiger partial charge in [0, 0.05) is 44.6 Å². The van der Waals surface area contributed by atoms with Gasteiger partial charge in [0.15, 0.2) is 0 Å². The first kappa shape index (κ1) is 22.0. The quantitative estimate of drug-likeness (QED) is 0.747. The molecule has 2 aromatic rings. The summed E-state index contributed by atoms with van der Waals surface area (Å²) < 4.78 is 0. The van der Waals surface area contributed by atoms with Crippen LogP contribution in [-0.4, -0.2) is 68.6 Å². The van der Waals surface area contributed by atoms with Crippen molar-refractivity contribution in [3.05, 3.63) is 53.9 Å². The molecule has 0 aliphatic carbocycles. The minimum Gasteiger partial charge on any atom is -0.465 e. The van der Waals surface area contributed by atoms with Gasteiger partial charge in [0.25, 0.3) is 0 Å². The second-order valence-corrected chi connectivity index (χ2v) is 8.55. The van der Waals surface area contributed by atoms with E-state index in [4.69, 9.17) is 0 Å². The molecule has 1 N–H and O–H groups in total. The van der Waals surface area contributed by atoms with Crippen LogP contribution in [0.1, 0.15) is 43.7 Å². The summed E-state index contributed by atoms with van der Waals surface area (Å²) in [6.07, 6.45) is 6.68. The number of amides is 2. The highest BCUT2D eigenvalue weighted by Crippen LogP contribution is 2.26. The highest BCUT2D eigenvalue weighted by atomic mass is 16.4. The van der Waals surface area contributed by atoms with Gasteiger partial charge >= 0.3 is 6.09 Å². The largest absolute Gasteiger partial charge is 0.465 e. The molecule has 8 nitrogen and oxygen atoms in total. The van der Waals surface area contributed by atoms with Crippen LogP contribution in [0, 0.1) is 0 Å². The van der Waals surface area contributed by atoms with E-state index in [1.54, 1.807) is 0 Å². The van der Waals surface area contributed by atoms with Crippen LogP contribution in [-0.2, 0) is 17.8 Å². The molecule has 4 rings (SSSR count). The van der Waals surface area contributed by atoms with Crippen molar-refractivity contribution >= 4 is 17.9 Å². The Morgan fingerprint density at radius 1 is 1.06 bits per heavy atom. The third-order valence-electron chi connectivity index (χ3n) is 6.55. The molecule has 8 heteroatoms. The molecule has 32 heavy (non-hydrogen) atoms. The standard InChI is InChI=1S/C24H31N5O3/c1-2-18-15-25-23(26-16-18)27-13-10-20(11-14-27)28-12-6-9-21(22(28)30)29(24(31)32)17-19-7-4-3-5-8-19/h3-5,7-8,15-16,20-21H,2,6,9-14,17H2,1H3,(H,31,32). The summed E-state index contributed by atoms with van der Waals surface area (Å²) in [6.45, 7) is 4.58. The van der Waals surface area contributed by atoms with Crippen LogP contribution in [0.3, 0.4) is 0 Å². The van der Waals surface area contributed by atoms with Crippen molar-refractivity contribution in [2.45, 2.75) is 57.7 Å². The van der Waals surface area contributed by atoms with Crippen LogP contribution in [0.15, 0.2) is 42.7 Å². The molecular formula is C24H31N5O3. The van der Waals surface area contributed by atoms with Crippen molar-refractivity contribution in [1.29, 1.82) is 0 Å². The lowest BCUT2D eigenvalue weighted by Gasteiger charge is -2.44. The van der Waals surface area contributed by atoms with Gasteiger partial charge in [-0.3, -0.25) is 9.69 Å². The number of nitrogens with zero attached hydrogens (tertiary/aromatic N) is 5. The van der Waals surface area contributed by atoms with Gasteiger partial charge in [0.2, 0.25) is 11.9 Å². The zero-order valence-electron chi connectivity index (χ0n) is 18.6. The normalized spacial score (nSPS) is 19.8. The summed E-state index contributed by atoms with van der Waals surface area (Å²) in [4.78, 5) is 39.7. The average molecular weight is 438 g/mol. The van der Waals surface area contributed by atoms with E-state index in [1.807, 2.05) is 47.6 Å². The minimum absolute atomic E-state index is 0.0587. The summed E-state index contributed by atoms with van der Waals surface area (Å²) in [7, 11) is 0. The van der Waals surface area contributed by atoms with Gasteiger partial charge in [-0.25, -0.2) is 14.8 Å². The van der Waals surface area contributed by atoms with Gasteiger partial charge in [-0.05, 0) is 43.2 Å². The lowest BCUT2D eigenvalue weighted by Crippen LogP contribution is -2.58. The van der Waals surface area contributed by atoms with Crippen molar-refractivity contribution in [2.75, 3.05) is 24.5 Å². The topological polar surface area (TPSA) is 89.9 Å². The molecule has 0 radical (unpaired) electrons. The summed E-state index contributed by atoms with van der Waals surface area (Å²) in [5.74, 6) is 0.681. The number of benzene rings is 1. The number of carboxylic acid groups (broad SMARTS) is 1. The Balaban J connectivity index is 1.40. The second-order valence-electron chi connectivity index (χ2n) is 8.55. The maximum absolute atomic E-state index is 13.4. The van der Waals surface area contributed by atoms with Gasteiger partial charge < -0.3 is 14.9 Å². The number of likely N-dealkylation sites (tertiary alicyclic amines) is 1. The Hall–Kier alpha value is -3.16. The zero-order chi connectivity index (χ0) is 22.5. The first-order chi connectivity index (χ1) is 15.6. The third-order valence-corrected chi connectivity index (χ3v) is 6.55. The van der Waals surface area contributed by atoms with E-state index in [1.165, 1.54) is 4.90 Å². The predicted molar refractivity (Wildman–Crippen MR) is 121 cm³/mol. The van der Waals surface area contributed by atoms with E-state index in [-0.39, 0.29) is 18.5 Å². The van der Waals surface area contributed by atoms with Crippen molar-refractivity contribution < 1.29 is 14.7 Å². The summed E-state index contributed by atoms with van der Waals surface area (Å²) in [5, 5.41) is 9.83. The number of carbonyl (C=O) groups is 2. The van der Waals surface area contributed by atoms with Crippen molar-refractivity contribution in [3.8, 4) is 0 Å². The molecule has 0 spiro atoms. The summed E-state index contributed by atoms with van der Waals surface area (Å²) in [5.41, 5.74) is 2.01. The predicted octanol–water partition coefficient (Wildman–Crippen LogP) is 3.18. The number of piperidine rings is 2. The van der Waals surface area contributed by atoms with Gasteiger partial charge in [-0.1, -0.05) is 37.3 Å². The van der Waals surface area contributed by atoms with Crippen LogP contribution in [0.25, 0.3) is 0 Å². The molecule has 2 aliphatic rings. The van der Waals surface area contributed by atoms with E-state index in [2.05, 4.69) is 21.8 Å². The van der Waals surface area contributed by atoms with E-state index < -0.39 is 12.1 Å². The van der Waals surface area contributed by atoms with E-state index in [9.17, 15) is 14.7 Å². The highest BCUT2D eigenvalue weighted by Gasteiger charge is 2.39. The van der Waals surface area contributed by atoms with Crippen molar-refractivity contribution in [2.24, 2.45) is 0 Å². The maximum atomic E-state index is 13.4. The first-order valence-electron chi connectivity index (χ1n) is 11.5. The lowest BCUT2D eigenvalue weighted by atomic mass is 9.96. The SMILES string of the molecule is CCc1cnc(N2CCC(N3CCCC(N(Cc4ccccc4)C(=O)O)C3=O)CC2)nc1. The molecule has 2 fully saturated rings. The Morgan fingerprint density at radius 3 is 2.38 bits per heavy atom. The number of rotatable bonds is 6. The highest BCUT2D eigenvalue weighted by molar-refractivity contribution is 5.86. The molecule has 0 saturated carbocycles. The number of carbonyl (C=O) groups excluding carboxylic acids is 1. The molecular weight excluding hydrogens is 406 g/mol. The molecule has 1 atom stereocenters. The van der Waals surface area contributed by atoms with E-state index >= 15 is 0 Å². The monoisotopic (exact) mass is 437 g/mol. The Kier molecular flexibility index (Phi) is 6.87. The summed E-state index contributed by atoms with van der Waals surface area (Å²) >= 11 is 0. The number of hydrogen-bond donors (Lipinski definition) is 1. The number of anilines is 1. The molecule has 0 bridgehead atoms. The molecule has 2 aliphatic heterocycles. The number of hydrogen-bond acceptors (Lipinski definition) is 5. The van der Waals surface area contributed by atoms with Crippen molar-refractivity contribution in [1.82, 2.24) is 19.8 Å². The molecule has 1 aromatic carbocycles. The fourth-order valence-electron chi connectivity index (χ4n) is 4.69. The fourth-order valence-corrected chi connectivity index (χ4v) is 4.69. The van der Waals surface area contributed by atoms with Crippen LogP contribution >= 0.6 is 0 Å². The first-order valence-corrected chi connectivity index (χ1v) is 11.5. The number of aryl methyl sites for hydroxylation is 1. The maximum Gasteiger partial charge on any atom is 0.408 e. The molecule has 2 amide bonds. The third kappa shape index (κ3) is 4.84. The van der Waals surface area contributed by atoms with Gasteiger partial charge in [-0.2, -0.15) is 0 Å². The Morgan fingerprint density at radius 2 is 1.75 bits per heavy atom. The smallest absolute Gasteiger partial charge is 0.408 e. The Bertz CT molecular complexity index is 913. The van der Waals surface area contributed by atoms with Crippen LogP contribution in [0.5, 0.6) is 0 Å². The number of aromatic nitrogens is 2. The van der Waals surface area contributed by atoms with Gasteiger partial charge in [0.1, 0.15) is 6.04 Å². The fraction of sp³-hybridized carbons (Fsp3) is 0.500. The molecule has 1 aromatic heterocycles. The van der Waals surface area contributed by atoms with E-state index in [0.29, 0.717) is 13.0 Å². The van der Waals surface area contributed by atoms with Gasteiger partial charge in [-0.15, -0.1) is 0 Å². The van der Waals surface area contributed by atoms with Crippen LogP contribution in [0.4, 0.5) is 10.7 Å². The van der Waals surface area contributed by atoms with Crippen molar-refractivity contribution in [3.63, 3.8) is 0 Å². The molecule has 2 saturated heterocycles. The van der Waals surface area contributed by atoms with E-state index in [0.717, 1.165) is 55.8 Å². The molecule has 1 unspecified atom stereocenters. The lowest BCUT2D eigenvalue weighted by molar-refractivity contribution is -0.142. The van der Waals surface area contributed by atoms with Crippen LogP contribution in [0.2, 0.25) is 0 Å². The second kappa shape index (κ2) is 9.97. The Labute approximate surface area is 188 Å². The average Bonchev–Trinajstić information content (AvgIpc) is 2.84. The summed E-state index contributed by atoms with van der Waals surface area (Å²) in [6, 6.07) is 8.97. The minimum atomic E-state index is -1.04.